The summed E-state index contributed by atoms with van der Waals surface area (Å²) in [6.45, 7) is 0. The Morgan fingerprint density at radius 3 is 0.714 bits per heavy atom. The van der Waals surface area contributed by atoms with Crippen LogP contribution in [-0.2, 0) is 0 Å². The molecule has 0 aliphatic carbocycles. The van der Waals surface area contributed by atoms with Gasteiger partial charge in [0.2, 0.25) is 5.75 Å². The maximum absolute atomic E-state index is 11.8. The van der Waals surface area contributed by atoms with Crippen molar-refractivity contribution in [3.05, 3.63) is 30.3 Å². The number of phenols is 13. The summed E-state index contributed by atoms with van der Waals surface area (Å²) in [7, 11) is 0. The molecule has 0 atom stereocenters. The highest BCUT2D eigenvalue weighted by molar-refractivity contribution is 6.56. The van der Waals surface area contributed by atoms with Gasteiger partial charge in [0.1, 0.15) is 0 Å². The van der Waals surface area contributed by atoms with Crippen LogP contribution in [0, 0.1) is 0 Å². The molecule has 10 rings (SSSR count). The highest BCUT2D eigenvalue weighted by atomic mass is 16.3. The molecule has 13 nitrogen and oxygen atoms in total. The van der Waals surface area contributed by atoms with E-state index in [4.69, 9.17) is 0 Å². The molecule has 10 aromatic carbocycles. The zero-order valence-electron chi connectivity index (χ0n) is 24.2. The molecule has 0 saturated carbocycles. The predicted octanol–water partition coefficient (Wildman–Crippen LogP) is 6.55. The third kappa shape index (κ3) is 2.62. The summed E-state index contributed by atoms with van der Waals surface area (Å²) >= 11 is 0. The average Bonchev–Trinajstić information content (AvgIpc) is 3.06. The molecule has 0 aromatic heterocycles. The average molecular weight is 659 g/mol. The molecule has 0 bridgehead atoms. The maximum Gasteiger partial charge on any atom is 0.200 e. The van der Waals surface area contributed by atoms with Crippen molar-refractivity contribution in [3.63, 3.8) is 0 Å². The third-order valence-electron chi connectivity index (χ3n) is 10.2. The summed E-state index contributed by atoms with van der Waals surface area (Å²) in [5, 5.41) is 144. The van der Waals surface area contributed by atoms with E-state index in [0.29, 0.717) is 0 Å². The molecule has 0 heterocycles. The Morgan fingerprint density at radius 2 is 0.388 bits per heavy atom. The second-order valence-electron chi connectivity index (χ2n) is 12.4. The van der Waals surface area contributed by atoms with Gasteiger partial charge in [0.25, 0.3) is 0 Å². The zero-order chi connectivity index (χ0) is 34.4. The van der Waals surface area contributed by atoms with Crippen LogP contribution in [0.1, 0.15) is 0 Å². The van der Waals surface area contributed by atoms with Gasteiger partial charge in [0.15, 0.2) is 69.0 Å². The highest BCUT2D eigenvalue weighted by Gasteiger charge is 2.35. The van der Waals surface area contributed by atoms with E-state index in [9.17, 15) is 66.4 Å². The van der Waals surface area contributed by atoms with Crippen molar-refractivity contribution in [2.75, 3.05) is 0 Å². The number of aromatic hydroxyl groups is 13. The van der Waals surface area contributed by atoms with Gasteiger partial charge >= 0.3 is 0 Å². The van der Waals surface area contributed by atoms with Crippen molar-refractivity contribution in [2.45, 2.75) is 0 Å². The predicted molar refractivity (Wildman–Crippen MR) is 179 cm³/mol. The Hall–Kier alpha value is -7.28. The second-order valence-corrected chi connectivity index (χ2v) is 12.4. The SMILES string of the molecule is Oc1cc2c(cc1O)c1c(O)c(O)c3c4cc(O)c(O)c(O)c4c4c(O)c(O)c5c6cc(O)c(O)cc6c6c(O)c(O)c2c2c6c5c4c3c12. The van der Waals surface area contributed by atoms with Gasteiger partial charge in [-0.15, -0.1) is 0 Å². The van der Waals surface area contributed by atoms with Crippen LogP contribution in [0.15, 0.2) is 30.3 Å². The van der Waals surface area contributed by atoms with Gasteiger partial charge in [-0.25, -0.2) is 0 Å². The van der Waals surface area contributed by atoms with E-state index < -0.39 is 74.7 Å². The minimum atomic E-state index is -0.996. The summed E-state index contributed by atoms with van der Waals surface area (Å²) in [5.74, 6) is -9.95. The van der Waals surface area contributed by atoms with E-state index in [1.807, 2.05) is 0 Å². The van der Waals surface area contributed by atoms with E-state index >= 15 is 0 Å². The largest absolute Gasteiger partial charge is 0.504 e. The molecule has 240 valence electrons. The van der Waals surface area contributed by atoms with Gasteiger partial charge in [-0.3, -0.25) is 0 Å². The summed E-state index contributed by atoms with van der Waals surface area (Å²) in [6.07, 6.45) is 0. The van der Waals surface area contributed by atoms with Gasteiger partial charge < -0.3 is 66.4 Å². The fourth-order valence-electron chi connectivity index (χ4n) is 8.30. The first-order chi connectivity index (χ1) is 23.3. The Balaban J connectivity index is 1.78. The van der Waals surface area contributed by atoms with Crippen LogP contribution in [0.3, 0.4) is 0 Å². The van der Waals surface area contributed by atoms with Gasteiger partial charge in [0.05, 0.1) is 0 Å². The molecule has 0 amide bonds. The van der Waals surface area contributed by atoms with Crippen LogP contribution in [-0.4, -0.2) is 66.4 Å². The summed E-state index contributed by atoms with van der Waals surface area (Å²) in [6, 6.07) is 5.31. The zero-order valence-corrected chi connectivity index (χ0v) is 24.2. The van der Waals surface area contributed by atoms with Crippen molar-refractivity contribution in [3.8, 4) is 74.7 Å². The minimum Gasteiger partial charge on any atom is -0.504 e. The molecule has 0 aliphatic rings. The normalized spacial score (nSPS) is 12.7. The van der Waals surface area contributed by atoms with Gasteiger partial charge in [-0.2, -0.15) is 0 Å². The van der Waals surface area contributed by atoms with Crippen LogP contribution < -0.4 is 0 Å². The number of hydrogen-bond donors (Lipinski definition) is 13. The standard InChI is InChI=1S/C36H18O13/c37-11-1-6-7(2-12(11)38)18-24-22-16(6)31(44)32(45)17-8-3-13(39)14(40)4-9(8)19-25(23(17)22)27-26(24)20(35(48)33(18)46)10-5-15(41)29(42)30(43)21(10)28(27)36(49)34(19)47/h1-5,37-49H. The Kier molecular flexibility index (Phi) is 4.28. The molecule has 13 heteroatoms. The maximum atomic E-state index is 11.8. The Labute approximate surface area is 268 Å². The first-order valence-corrected chi connectivity index (χ1v) is 14.5. The van der Waals surface area contributed by atoms with E-state index in [-0.39, 0.29) is 97.0 Å². The summed E-state index contributed by atoms with van der Waals surface area (Å²) in [5.41, 5.74) is 0. The number of fused-ring (bicyclic) bond motifs is 9. The second kappa shape index (κ2) is 7.81. The first kappa shape index (κ1) is 26.9. The lowest BCUT2D eigenvalue weighted by molar-refractivity contribution is 0.371. The van der Waals surface area contributed by atoms with E-state index in [0.717, 1.165) is 30.3 Å². The van der Waals surface area contributed by atoms with E-state index in [1.54, 1.807) is 0 Å². The molecule has 0 radical (unpaired) electrons. The number of hydrogen-bond acceptors (Lipinski definition) is 13. The van der Waals surface area contributed by atoms with Crippen molar-refractivity contribution in [2.24, 2.45) is 0 Å². The van der Waals surface area contributed by atoms with Crippen molar-refractivity contribution >= 4 is 97.0 Å². The smallest absolute Gasteiger partial charge is 0.200 e. The molecular weight excluding hydrogens is 640 g/mol. The van der Waals surface area contributed by atoms with Gasteiger partial charge in [0, 0.05) is 75.4 Å². The quantitative estimate of drug-likeness (QED) is 0.0469. The molecule has 0 fully saturated rings. The molecule has 0 spiro atoms. The summed E-state index contributed by atoms with van der Waals surface area (Å²) in [4.78, 5) is 0. The number of rotatable bonds is 0. The van der Waals surface area contributed by atoms with Crippen LogP contribution in [0.2, 0.25) is 0 Å². The molecule has 0 unspecified atom stereocenters. The van der Waals surface area contributed by atoms with Gasteiger partial charge in [-0.1, -0.05) is 0 Å². The first-order valence-electron chi connectivity index (χ1n) is 14.5. The lowest BCUT2D eigenvalue weighted by Crippen LogP contribution is -1.98. The lowest BCUT2D eigenvalue weighted by atomic mass is 9.76. The van der Waals surface area contributed by atoms with Crippen LogP contribution in [0.25, 0.3) is 97.0 Å². The van der Waals surface area contributed by atoms with Crippen LogP contribution >= 0.6 is 0 Å². The third-order valence-corrected chi connectivity index (χ3v) is 10.2. The van der Waals surface area contributed by atoms with E-state index in [2.05, 4.69) is 0 Å². The fourth-order valence-corrected chi connectivity index (χ4v) is 8.30. The Morgan fingerprint density at radius 1 is 0.184 bits per heavy atom. The molecule has 0 saturated heterocycles. The van der Waals surface area contributed by atoms with Crippen molar-refractivity contribution in [1.29, 1.82) is 0 Å². The fraction of sp³-hybridized carbons (Fsp3) is 0. The molecule has 13 N–H and O–H groups in total. The molecule has 0 aliphatic heterocycles. The van der Waals surface area contributed by atoms with Gasteiger partial charge in [-0.05, 0) is 51.9 Å². The van der Waals surface area contributed by atoms with E-state index in [1.165, 1.54) is 0 Å². The molecule has 49 heavy (non-hydrogen) atoms. The van der Waals surface area contributed by atoms with Crippen LogP contribution in [0.4, 0.5) is 0 Å². The topological polar surface area (TPSA) is 263 Å². The molecular formula is C36H18O13. The van der Waals surface area contributed by atoms with Crippen molar-refractivity contribution in [1.82, 2.24) is 0 Å². The molecule has 10 aromatic rings. The number of phenolic OH excluding ortho intramolecular Hbond substituents is 13. The Bertz CT molecular complexity index is 3190. The lowest BCUT2D eigenvalue weighted by Gasteiger charge is -2.27. The summed E-state index contributed by atoms with van der Waals surface area (Å²) < 4.78 is 0. The van der Waals surface area contributed by atoms with Crippen molar-refractivity contribution < 1.29 is 66.4 Å². The minimum absolute atomic E-state index is 0.00255. The highest BCUT2D eigenvalue weighted by Crippen LogP contribution is 2.65. The van der Waals surface area contributed by atoms with Crippen LogP contribution in [0.5, 0.6) is 74.7 Å². The number of benzene rings is 10. The monoisotopic (exact) mass is 658 g/mol.